The SMILES string of the molecule is CC(C)(C)C(=O)Nc1ccc(Cl)c(N=C2NC(=O)/C(=C\c3ccn4nccc4c3)S2)c1. The molecule has 2 aromatic heterocycles. The van der Waals surface area contributed by atoms with Gasteiger partial charge in [-0.05, 0) is 59.8 Å². The van der Waals surface area contributed by atoms with Crippen molar-refractivity contribution in [1.82, 2.24) is 14.9 Å². The summed E-state index contributed by atoms with van der Waals surface area (Å²) in [5.74, 6) is -0.345. The highest BCUT2D eigenvalue weighted by Crippen LogP contribution is 2.33. The smallest absolute Gasteiger partial charge is 0.264 e. The maximum Gasteiger partial charge on any atom is 0.264 e. The molecule has 1 fully saturated rings. The quantitative estimate of drug-likeness (QED) is 0.554. The third-order valence-corrected chi connectivity index (χ3v) is 5.71. The van der Waals surface area contributed by atoms with Crippen LogP contribution in [0.15, 0.2) is 58.7 Å². The number of carbonyl (C=O) groups excluding carboxylic acids is 2. The molecule has 0 atom stereocenters. The van der Waals surface area contributed by atoms with Crippen LogP contribution in [0, 0.1) is 5.41 Å². The normalized spacial score (nSPS) is 16.8. The Morgan fingerprint density at radius 2 is 2.06 bits per heavy atom. The number of aromatic nitrogens is 2. The predicted molar refractivity (Wildman–Crippen MR) is 126 cm³/mol. The minimum Gasteiger partial charge on any atom is -0.326 e. The minimum absolute atomic E-state index is 0.114. The van der Waals surface area contributed by atoms with E-state index < -0.39 is 5.41 Å². The van der Waals surface area contributed by atoms with Crippen LogP contribution in [0.2, 0.25) is 5.02 Å². The molecule has 0 spiro atoms. The lowest BCUT2D eigenvalue weighted by molar-refractivity contribution is -0.123. The second-order valence-electron chi connectivity index (χ2n) is 8.01. The lowest BCUT2D eigenvalue weighted by atomic mass is 9.95. The van der Waals surface area contributed by atoms with Gasteiger partial charge in [0.15, 0.2) is 5.17 Å². The highest BCUT2D eigenvalue weighted by atomic mass is 35.5. The van der Waals surface area contributed by atoms with E-state index in [-0.39, 0.29) is 11.8 Å². The van der Waals surface area contributed by atoms with Gasteiger partial charge in [0.1, 0.15) is 0 Å². The minimum atomic E-state index is -0.527. The third-order valence-electron chi connectivity index (χ3n) is 4.48. The van der Waals surface area contributed by atoms with Gasteiger partial charge < -0.3 is 10.6 Å². The van der Waals surface area contributed by atoms with Gasteiger partial charge in [-0.2, -0.15) is 5.10 Å². The number of carbonyl (C=O) groups is 2. The molecule has 1 aromatic carbocycles. The number of nitrogens with zero attached hydrogens (tertiary/aromatic N) is 3. The molecule has 3 aromatic rings. The van der Waals surface area contributed by atoms with Crippen molar-refractivity contribution < 1.29 is 9.59 Å². The number of halogens is 1. The summed E-state index contributed by atoms with van der Waals surface area (Å²) in [5.41, 5.74) is 2.34. The maximum absolute atomic E-state index is 12.4. The predicted octanol–water partition coefficient (Wildman–Crippen LogP) is 4.86. The molecule has 3 heterocycles. The molecule has 0 saturated carbocycles. The number of rotatable bonds is 3. The van der Waals surface area contributed by atoms with Gasteiger partial charge in [0, 0.05) is 23.5 Å². The average molecular weight is 454 g/mol. The first-order valence-corrected chi connectivity index (χ1v) is 10.7. The van der Waals surface area contributed by atoms with Crippen LogP contribution >= 0.6 is 23.4 Å². The standard InChI is InChI=1S/C22H20ClN5O2S/c1-22(2,3)20(30)25-14-4-5-16(23)17(12-14)26-21-27-19(29)18(31-21)11-13-7-9-28-15(10-13)6-8-24-28/h4-12H,1-3H3,(H,25,30)(H,26,27,29)/b18-11+. The van der Waals surface area contributed by atoms with Crippen molar-refractivity contribution in [2.45, 2.75) is 20.8 Å². The van der Waals surface area contributed by atoms with Crippen molar-refractivity contribution in [3.63, 3.8) is 0 Å². The number of amidine groups is 1. The van der Waals surface area contributed by atoms with Crippen LogP contribution in [-0.2, 0) is 9.59 Å². The summed E-state index contributed by atoms with van der Waals surface area (Å²) in [6.45, 7) is 5.51. The van der Waals surface area contributed by atoms with E-state index >= 15 is 0 Å². The Labute approximate surface area is 188 Å². The summed E-state index contributed by atoms with van der Waals surface area (Å²) >= 11 is 7.51. The highest BCUT2D eigenvalue weighted by Gasteiger charge is 2.25. The molecule has 0 bridgehead atoms. The zero-order valence-corrected chi connectivity index (χ0v) is 18.7. The summed E-state index contributed by atoms with van der Waals surface area (Å²) in [6, 6.07) is 10.8. The maximum atomic E-state index is 12.4. The number of thioether (sulfide) groups is 1. The van der Waals surface area contributed by atoms with Gasteiger partial charge in [-0.1, -0.05) is 32.4 Å². The van der Waals surface area contributed by atoms with Crippen LogP contribution < -0.4 is 10.6 Å². The summed E-state index contributed by atoms with van der Waals surface area (Å²) in [7, 11) is 0. The fraction of sp³-hybridized carbons (Fsp3) is 0.182. The molecule has 0 aliphatic carbocycles. The summed E-state index contributed by atoms with van der Waals surface area (Å²) in [4.78, 5) is 29.7. The Bertz CT molecular complexity index is 1260. The first kappa shape index (κ1) is 21.1. The van der Waals surface area contributed by atoms with Gasteiger partial charge in [-0.25, -0.2) is 9.51 Å². The second-order valence-corrected chi connectivity index (χ2v) is 9.45. The molecule has 4 rings (SSSR count). The molecule has 1 saturated heterocycles. The monoisotopic (exact) mass is 453 g/mol. The number of aliphatic imine (C=N–C) groups is 1. The van der Waals surface area contributed by atoms with Crippen molar-refractivity contribution in [2.75, 3.05) is 5.32 Å². The van der Waals surface area contributed by atoms with Crippen molar-refractivity contribution in [3.8, 4) is 0 Å². The number of fused-ring (bicyclic) bond motifs is 1. The fourth-order valence-corrected chi connectivity index (χ4v) is 3.76. The third kappa shape index (κ3) is 4.81. The van der Waals surface area contributed by atoms with E-state index in [1.165, 1.54) is 11.8 Å². The Hall–Kier alpha value is -3.10. The van der Waals surface area contributed by atoms with Gasteiger partial charge in [0.25, 0.3) is 5.91 Å². The van der Waals surface area contributed by atoms with Crippen molar-refractivity contribution in [3.05, 3.63) is 64.3 Å². The van der Waals surface area contributed by atoms with E-state index in [2.05, 4.69) is 20.7 Å². The molecule has 0 unspecified atom stereocenters. The van der Waals surface area contributed by atoms with Crippen molar-refractivity contribution in [1.29, 1.82) is 0 Å². The van der Waals surface area contributed by atoms with E-state index in [0.717, 1.165) is 11.1 Å². The van der Waals surface area contributed by atoms with E-state index in [9.17, 15) is 9.59 Å². The molecule has 7 nitrogen and oxygen atoms in total. The molecule has 2 N–H and O–H groups in total. The molecule has 1 aliphatic rings. The second kappa shape index (κ2) is 8.20. The molecule has 158 valence electrons. The van der Waals surface area contributed by atoms with Gasteiger partial charge in [-0.15, -0.1) is 0 Å². The van der Waals surface area contributed by atoms with Gasteiger partial charge in [-0.3, -0.25) is 9.59 Å². The Kier molecular flexibility index (Phi) is 5.60. The summed E-state index contributed by atoms with van der Waals surface area (Å²) in [6.07, 6.45) is 5.36. The lowest BCUT2D eigenvalue weighted by Crippen LogP contribution is -2.27. The number of hydrogen-bond donors (Lipinski definition) is 2. The first-order chi connectivity index (χ1) is 14.7. The average Bonchev–Trinajstić information content (AvgIpc) is 3.30. The lowest BCUT2D eigenvalue weighted by Gasteiger charge is -2.18. The molecule has 2 amide bonds. The van der Waals surface area contributed by atoms with Gasteiger partial charge in [0.2, 0.25) is 5.91 Å². The number of pyridine rings is 1. The molecule has 31 heavy (non-hydrogen) atoms. The van der Waals surface area contributed by atoms with Crippen LogP contribution in [0.3, 0.4) is 0 Å². The molecular weight excluding hydrogens is 434 g/mol. The van der Waals surface area contributed by atoms with Crippen LogP contribution in [-0.4, -0.2) is 26.6 Å². The fourth-order valence-electron chi connectivity index (χ4n) is 2.76. The Morgan fingerprint density at radius 1 is 1.26 bits per heavy atom. The first-order valence-electron chi connectivity index (χ1n) is 9.53. The van der Waals surface area contributed by atoms with Crippen LogP contribution in [0.5, 0.6) is 0 Å². The number of amides is 2. The number of benzene rings is 1. The van der Waals surface area contributed by atoms with E-state index in [1.54, 1.807) is 35.0 Å². The highest BCUT2D eigenvalue weighted by molar-refractivity contribution is 8.18. The van der Waals surface area contributed by atoms with Gasteiger partial charge >= 0.3 is 0 Å². The number of nitrogens with one attached hydrogen (secondary N) is 2. The largest absolute Gasteiger partial charge is 0.326 e. The van der Waals surface area contributed by atoms with Crippen molar-refractivity contribution in [2.24, 2.45) is 10.4 Å². The van der Waals surface area contributed by atoms with E-state index in [1.807, 2.05) is 45.2 Å². The van der Waals surface area contributed by atoms with E-state index in [0.29, 0.717) is 26.5 Å². The van der Waals surface area contributed by atoms with Crippen LogP contribution in [0.4, 0.5) is 11.4 Å². The van der Waals surface area contributed by atoms with Crippen LogP contribution in [0.1, 0.15) is 26.3 Å². The summed E-state index contributed by atoms with van der Waals surface area (Å²) < 4.78 is 1.75. The Morgan fingerprint density at radius 3 is 2.84 bits per heavy atom. The van der Waals surface area contributed by atoms with Crippen molar-refractivity contribution >= 4 is 63.3 Å². The Balaban J connectivity index is 1.56. The topological polar surface area (TPSA) is 87.9 Å². The molecule has 9 heteroatoms. The summed E-state index contributed by atoms with van der Waals surface area (Å²) in [5, 5.41) is 10.6. The van der Waals surface area contributed by atoms with Crippen LogP contribution in [0.25, 0.3) is 11.6 Å². The van der Waals surface area contributed by atoms with Gasteiger partial charge in [0.05, 0.1) is 21.1 Å². The zero-order chi connectivity index (χ0) is 22.2. The molecular formula is C22H20ClN5O2S. The molecule has 1 aliphatic heterocycles. The number of anilines is 1. The van der Waals surface area contributed by atoms with E-state index in [4.69, 9.17) is 11.6 Å². The molecule has 0 radical (unpaired) electrons. The zero-order valence-electron chi connectivity index (χ0n) is 17.1. The number of hydrogen-bond acceptors (Lipinski definition) is 5.